The van der Waals surface area contributed by atoms with Crippen LogP contribution in [0.4, 0.5) is 8.78 Å². The molecule has 6 rings (SSSR count). The minimum atomic E-state index is -0.972. The van der Waals surface area contributed by atoms with Crippen LogP contribution in [0.3, 0.4) is 0 Å². The van der Waals surface area contributed by atoms with E-state index in [4.69, 9.17) is 28.9 Å². The zero-order valence-electron chi connectivity index (χ0n) is 42.8. The van der Waals surface area contributed by atoms with Crippen LogP contribution in [0.2, 0.25) is 0 Å². The van der Waals surface area contributed by atoms with Crippen LogP contribution in [0, 0.1) is 11.6 Å². The molecular weight excluding hydrogens is 915 g/mol. The highest BCUT2D eigenvalue weighted by atomic mass is 32.1. The Bertz CT molecular complexity index is 2420. The molecular formula is C60H80F2N2O4S2. The van der Waals surface area contributed by atoms with Crippen molar-refractivity contribution in [3.8, 4) is 65.7 Å². The summed E-state index contributed by atoms with van der Waals surface area (Å²) in [6.07, 6.45) is 27.8. The lowest BCUT2D eigenvalue weighted by molar-refractivity contribution is 0.258. The molecule has 0 radical (unpaired) electrons. The van der Waals surface area contributed by atoms with Crippen LogP contribution in [0.5, 0.6) is 23.0 Å². The first-order valence-corrected chi connectivity index (χ1v) is 28.8. The van der Waals surface area contributed by atoms with E-state index in [9.17, 15) is 0 Å². The van der Waals surface area contributed by atoms with Crippen molar-refractivity contribution in [2.45, 2.75) is 182 Å². The van der Waals surface area contributed by atoms with Crippen LogP contribution in [0.1, 0.15) is 182 Å². The Morgan fingerprint density at radius 2 is 0.857 bits per heavy atom. The molecule has 0 aliphatic heterocycles. The van der Waals surface area contributed by atoms with Gasteiger partial charge in [-0.15, -0.1) is 22.7 Å². The minimum absolute atomic E-state index is 0.0999. The third-order valence-corrected chi connectivity index (χ3v) is 15.1. The van der Waals surface area contributed by atoms with Crippen molar-refractivity contribution in [3.05, 3.63) is 83.7 Å². The fourth-order valence-electron chi connectivity index (χ4n) is 8.82. The van der Waals surface area contributed by atoms with Gasteiger partial charge in [0.2, 0.25) is 0 Å². The molecule has 0 spiro atoms. The molecule has 0 aliphatic rings. The van der Waals surface area contributed by atoms with E-state index >= 15 is 8.78 Å². The van der Waals surface area contributed by atoms with Gasteiger partial charge in [-0.1, -0.05) is 162 Å². The number of benzene rings is 3. The van der Waals surface area contributed by atoms with Crippen molar-refractivity contribution in [1.29, 1.82) is 0 Å². The molecule has 3 aromatic heterocycles. The second-order valence-electron chi connectivity index (χ2n) is 18.8. The molecule has 0 fully saturated rings. The van der Waals surface area contributed by atoms with Gasteiger partial charge in [-0.3, -0.25) is 0 Å². The van der Waals surface area contributed by atoms with Crippen LogP contribution >= 0.6 is 22.7 Å². The molecule has 0 aliphatic carbocycles. The van der Waals surface area contributed by atoms with Gasteiger partial charge in [0, 0.05) is 31.8 Å². The summed E-state index contributed by atoms with van der Waals surface area (Å²) in [5, 5.41) is 2.02. The van der Waals surface area contributed by atoms with Crippen LogP contribution in [-0.4, -0.2) is 36.4 Å². The van der Waals surface area contributed by atoms with E-state index in [1.165, 1.54) is 120 Å². The third-order valence-electron chi connectivity index (χ3n) is 12.9. The van der Waals surface area contributed by atoms with Crippen LogP contribution in [-0.2, 0) is 0 Å². The van der Waals surface area contributed by atoms with Gasteiger partial charge in [-0.05, 0) is 85.7 Å². The number of ether oxygens (including phenoxy) is 4. The Balaban J connectivity index is 1.42. The Labute approximate surface area is 427 Å². The first-order chi connectivity index (χ1) is 34.4. The smallest absolute Gasteiger partial charge is 0.169 e. The Morgan fingerprint density at radius 1 is 0.429 bits per heavy atom. The van der Waals surface area contributed by atoms with Crippen molar-refractivity contribution in [2.24, 2.45) is 0 Å². The summed E-state index contributed by atoms with van der Waals surface area (Å²) < 4.78 is 58.3. The van der Waals surface area contributed by atoms with Crippen molar-refractivity contribution in [1.82, 2.24) is 9.97 Å². The maximum absolute atomic E-state index is 16.4. The summed E-state index contributed by atoms with van der Waals surface area (Å²) >= 11 is 3.03. The molecule has 3 aromatic carbocycles. The van der Waals surface area contributed by atoms with Gasteiger partial charge < -0.3 is 18.9 Å². The van der Waals surface area contributed by atoms with Gasteiger partial charge in [0.1, 0.15) is 5.52 Å². The average Bonchev–Trinajstić information content (AvgIpc) is 4.10. The SMILES string of the molecule is CCCCCCCCOc1ccc(-c2nc3cc(F)c(F)c(-c4ccc(-c5cccs5)s4)c3nc2-c2ccc(OCCCCCCCC)c(OCCCCCCCC)c2)cc1OCCCCCCCC. The fraction of sp³-hybridized carbons (Fsp3) is 0.533. The average molecular weight is 995 g/mol. The maximum Gasteiger partial charge on any atom is 0.169 e. The van der Waals surface area contributed by atoms with E-state index in [1.807, 2.05) is 66.0 Å². The second kappa shape index (κ2) is 31.0. The number of aromatic nitrogens is 2. The van der Waals surface area contributed by atoms with E-state index in [1.54, 1.807) is 11.3 Å². The molecule has 0 saturated carbocycles. The Morgan fingerprint density at radius 3 is 1.31 bits per heavy atom. The molecule has 380 valence electrons. The van der Waals surface area contributed by atoms with Crippen LogP contribution in [0.25, 0.3) is 53.7 Å². The molecule has 6 nitrogen and oxygen atoms in total. The van der Waals surface area contributed by atoms with Gasteiger partial charge in [-0.25, -0.2) is 18.7 Å². The molecule has 0 N–H and O–H groups in total. The lowest BCUT2D eigenvalue weighted by Crippen LogP contribution is -2.05. The largest absolute Gasteiger partial charge is 0.490 e. The summed E-state index contributed by atoms with van der Waals surface area (Å²) in [6, 6.07) is 20.9. The Hall–Kier alpha value is -4.54. The predicted octanol–water partition coefficient (Wildman–Crippen LogP) is 19.7. The van der Waals surface area contributed by atoms with Crippen molar-refractivity contribution < 1.29 is 27.7 Å². The summed E-state index contributed by atoms with van der Waals surface area (Å²) in [7, 11) is 0. The number of hydrogen-bond donors (Lipinski definition) is 0. The monoisotopic (exact) mass is 995 g/mol. The number of unbranched alkanes of at least 4 members (excludes halogenated alkanes) is 20. The molecule has 0 amide bonds. The van der Waals surface area contributed by atoms with Crippen molar-refractivity contribution in [3.63, 3.8) is 0 Å². The van der Waals surface area contributed by atoms with Crippen molar-refractivity contribution >= 4 is 33.7 Å². The molecule has 0 atom stereocenters. The number of hydrogen-bond acceptors (Lipinski definition) is 8. The Kier molecular flexibility index (Phi) is 24.3. The van der Waals surface area contributed by atoms with Gasteiger partial charge in [0.25, 0.3) is 0 Å². The van der Waals surface area contributed by atoms with E-state index < -0.39 is 11.6 Å². The summed E-state index contributed by atoms with van der Waals surface area (Å²) in [5.74, 6) is 0.723. The molecule has 0 saturated heterocycles. The highest BCUT2D eigenvalue weighted by molar-refractivity contribution is 7.23. The van der Waals surface area contributed by atoms with E-state index in [0.717, 1.165) is 72.2 Å². The highest BCUT2D eigenvalue weighted by Gasteiger charge is 2.24. The van der Waals surface area contributed by atoms with Gasteiger partial charge in [-0.2, -0.15) is 0 Å². The molecule has 0 bridgehead atoms. The summed E-state index contributed by atoms with van der Waals surface area (Å²) in [5.41, 5.74) is 3.14. The zero-order valence-corrected chi connectivity index (χ0v) is 44.5. The second-order valence-corrected chi connectivity index (χ2v) is 20.8. The van der Waals surface area contributed by atoms with Crippen molar-refractivity contribution in [2.75, 3.05) is 26.4 Å². The quantitative estimate of drug-likeness (QED) is 0.0366. The summed E-state index contributed by atoms with van der Waals surface area (Å²) in [6.45, 7) is 11.2. The van der Waals surface area contributed by atoms with Gasteiger partial charge in [0.15, 0.2) is 34.6 Å². The standard InChI is InChI=1S/C60H80F2N2O4S2/c1-5-9-13-17-21-25-37-65-49-33-31-45(42-51(49)67-39-27-23-19-15-11-7-3)58-59(64-60-48(63-58)44-47(61)57(62)56(60)55-36-35-54(70-55)53-30-29-41-69-53)46-32-34-50(66-38-26-22-18-14-10-6-2)52(43-46)68-40-28-24-20-16-12-8-4/h29-36,41-44H,5-28,37-40H2,1-4H3. The van der Waals surface area contributed by atoms with E-state index in [0.29, 0.717) is 65.7 Å². The summed E-state index contributed by atoms with van der Waals surface area (Å²) in [4.78, 5) is 13.1. The minimum Gasteiger partial charge on any atom is -0.490 e. The number of rotatable bonds is 36. The molecule has 3 heterocycles. The first-order valence-electron chi connectivity index (χ1n) is 27.1. The van der Waals surface area contributed by atoms with Gasteiger partial charge in [0.05, 0.1) is 48.9 Å². The predicted molar refractivity (Wildman–Crippen MR) is 292 cm³/mol. The zero-order chi connectivity index (χ0) is 49.2. The molecule has 70 heavy (non-hydrogen) atoms. The molecule has 10 heteroatoms. The topological polar surface area (TPSA) is 62.7 Å². The fourth-order valence-corrected chi connectivity index (χ4v) is 10.7. The first kappa shape index (κ1) is 54.8. The maximum atomic E-state index is 16.4. The van der Waals surface area contributed by atoms with E-state index in [-0.39, 0.29) is 16.6 Å². The lowest BCUT2D eigenvalue weighted by atomic mass is 10.0. The normalized spacial score (nSPS) is 11.5. The third kappa shape index (κ3) is 16.8. The number of fused-ring (bicyclic) bond motifs is 1. The number of halogens is 2. The molecule has 6 aromatic rings. The number of thiophene rings is 2. The molecule has 0 unspecified atom stereocenters. The lowest BCUT2D eigenvalue weighted by Gasteiger charge is -2.18. The van der Waals surface area contributed by atoms with Crippen LogP contribution < -0.4 is 18.9 Å². The van der Waals surface area contributed by atoms with Crippen LogP contribution in [0.15, 0.2) is 72.1 Å². The highest BCUT2D eigenvalue weighted by Crippen LogP contribution is 2.44. The van der Waals surface area contributed by atoms with Gasteiger partial charge >= 0.3 is 0 Å². The van der Waals surface area contributed by atoms with E-state index in [2.05, 4.69) is 27.7 Å². The number of nitrogens with zero attached hydrogens (tertiary/aromatic N) is 2.